The third-order valence-electron chi connectivity index (χ3n) is 4.19. The van der Waals surface area contributed by atoms with Gasteiger partial charge in [-0.15, -0.1) is 0 Å². The van der Waals surface area contributed by atoms with Crippen LogP contribution in [0.3, 0.4) is 0 Å². The molecular weight excluding hydrogens is 324 g/mol. The molecule has 0 fully saturated rings. The fourth-order valence-electron chi connectivity index (χ4n) is 2.91. The number of sulfonamides is 1. The van der Waals surface area contributed by atoms with Gasteiger partial charge in [-0.25, -0.2) is 23.1 Å². The monoisotopic (exact) mass is 346 g/mol. The second kappa shape index (κ2) is 7.36. The van der Waals surface area contributed by atoms with Crippen LogP contribution in [0.4, 0.5) is 0 Å². The van der Waals surface area contributed by atoms with E-state index in [0.29, 0.717) is 12.2 Å². The average molecular weight is 346 g/mol. The summed E-state index contributed by atoms with van der Waals surface area (Å²) in [5.41, 5.74) is 2.69. The van der Waals surface area contributed by atoms with Gasteiger partial charge >= 0.3 is 0 Å². The number of rotatable bonds is 6. The van der Waals surface area contributed by atoms with Crippen LogP contribution in [-0.2, 0) is 16.4 Å². The van der Waals surface area contributed by atoms with Crippen LogP contribution < -0.4 is 4.72 Å². The Bertz CT molecular complexity index is 793. The predicted molar refractivity (Wildman–Crippen MR) is 92.8 cm³/mol. The summed E-state index contributed by atoms with van der Waals surface area (Å²) in [6, 6.07) is 3.55. The zero-order chi connectivity index (χ0) is 17.0. The molecule has 0 saturated heterocycles. The molecular formula is C17H22N4O2S. The molecule has 2 aromatic rings. The fraction of sp³-hybridized carbons (Fsp3) is 0.471. The van der Waals surface area contributed by atoms with E-state index < -0.39 is 10.0 Å². The van der Waals surface area contributed by atoms with Crippen molar-refractivity contribution in [3.63, 3.8) is 0 Å². The maximum Gasteiger partial charge on any atom is 0.212 e. The minimum atomic E-state index is -3.26. The Labute approximate surface area is 142 Å². The smallest absolute Gasteiger partial charge is 0.212 e. The molecule has 0 unspecified atom stereocenters. The summed E-state index contributed by atoms with van der Waals surface area (Å²) in [5.74, 6) is 0.806. The molecule has 2 heterocycles. The first-order valence-electron chi connectivity index (χ1n) is 8.35. The van der Waals surface area contributed by atoms with Gasteiger partial charge in [-0.2, -0.15) is 0 Å². The Kier molecular flexibility index (Phi) is 5.20. The standard InChI is InChI=1S/C17H22N4O2S/c1-2-3-10-24(22,23)21-16-8-4-7-15-14(16)12-19-17(20-15)13-6-5-9-18-11-13/h5-6,9,11-12,16,21H,2-4,7-8,10H2,1H3/t16-/m1/s1. The van der Waals surface area contributed by atoms with Crippen LogP contribution in [-0.4, -0.2) is 29.1 Å². The van der Waals surface area contributed by atoms with Crippen molar-refractivity contribution in [2.45, 2.75) is 45.1 Å². The molecule has 7 heteroatoms. The van der Waals surface area contributed by atoms with Crippen LogP contribution in [0.5, 0.6) is 0 Å². The molecule has 24 heavy (non-hydrogen) atoms. The zero-order valence-corrected chi connectivity index (χ0v) is 14.6. The molecule has 1 aliphatic rings. The van der Waals surface area contributed by atoms with Crippen LogP contribution in [0.1, 0.15) is 49.9 Å². The molecule has 1 aliphatic carbocycles. The normalized spacial score (nSPS) is 17.5. The lowest BCUT2D eigenvalue weighted by atomic mass is 9.93. The zero-order valence-electron chi connectivity index (χ0n) is 13.8. The molecule has 0 saturated carbocycles. The Hall–Kier alpha value is -1.86. The first-order valence-corrected chi connectivity index (χ1v) is 10.0. The SMILES string of the molecule is CCCCS(=O)(=O)N[C@@H]1CCCc2nc(-c3cccnc3)ncc21. The van der Waals surface area contributed by atoms with Gasteiger partial charge in [-0.3, -0.25) is 4.98 Å². The van der Waals surface area contributed by atoms with Crippen molar-refractivity contribution < 1.29 is 8.42 Å². The topological polar surface area (TPSA) is 84.8 Å². The van der Waals surface area contributed by atoms with Crippen molar-refractivity contribution in [3.05, 3.63) is 42.0 Å². The number of hydrogen-bond donors (Lipinski definition) is 1. The lowest BCUT2D eigenvalue weighted by Crippen LogP contribution is -2.33. The van der Waals surface area contributed by atoms with Gasteiger partial charge < -0.3 is 0 Å². The average Bonchev–Trinajstić information content (AvgIpc) is 2.60. The second-order valence-corrected chi connectivity index (χ2v) is 7.95. The molecule has 3 rings (SSSR count). The molecule has 2 aromatic heterocycles. The summed E-state index contributed by atoms with van der Waals surface area (Å²) in [6.07, 6.45) is 9.28. The van der Waals surface area contributed by atoms with Crippen LogP contribution >= 0.6 is 0 Å². The van der Waals surface area contributed by atoms with E-state index in [9.17, 15) is 8.42 Å². The van der Waals surface area contributed by atoms with Crippen molar-refractivity contribution in [2.24, 2.45) is 0 Å². The minimum absolute atomic E-state index is 0.171. The van der Waals surface area contributed by atoms with Crippen molar-refractivity contribution >= 4 is 10.0 Å². The summed E-state index contributed by atoms with van der Waals surface area (Å²) < 4.78 is 27.2. The van der Waals surface area contributed by atoms with Gasteiger partial charge in [0.05, 0.1) is 5.75 Å². The Balaban J connectivity index is 1.84. The van der Waals surface area contributed by atoms with Crippen molar-refractivity contribution in [1.29, 1.82) is 0 Å². The number of aromatic nitrogens is 3. The molecule has 0 spiro atoms. The summed E-state index contributed by atoms with van der Waals surface area (Å²) in [5, 5.41) is 0. The maximum atomic E-state index is 12.2. The molecule has 0 bridgehead atoms. The van der Waals surface area contributed by atoms with E-state index in [4.69, 9.17) is 0 Å². The van der Waals surface area contributed by atoms with Gasteiger partial charge in [-0.05, 0) is 37.8 Å². The quantitative estimate of drug-likeness (QED) is 0.869. The van der Waals surface area contributed by atoms with Crippen LogP contribution in [0.25, 0.3) is 11.4 Å². The van der Waals surface area contributed by atoms with Crippen LogP contribution in [0.15, 0.2) is 30.7 Å². The molecule has 0 radical (unpaired) electrons. The Morgan fingerprint density at radius 1 is 1.33 bits per heavy atom. The van der Waals surface area contributed by atoms with Crippen molar-refractivity contribution in [3.8, 4) is 11.4 Å². The van der Waals surface area contributed by atoms with E-state index in [-0.39, 0.29) is 11.8 Å². The number of pyridine rings is 1. The number of nitrogens with zero attached hydrogens (tertiary/aromatic N) is 3. The van der Waals surface area contributed by atoms with Crippen molar-refractivity contribution in [1.82, 2.24) is 19.7 Å². The Morgan fingerprint density at radius 2 is 2.21 bits per heavy atom. The van der Waals surface area contributed by atoms with Gasteiger partial charge in [0.25, 0.3) is 0 Å². The highest BCUT2D eigenvalue weighted by atomic mass is 32.2. The highest BCUT2D eigenvalue weighted by Crippen LogP contribution is 2.30. The van der Waals surface area contributed by atoms with Gasteiger partial charge in [0.2, 0.25) is 10.0 Å². The van der Waals surface area contributed by atoms with Gasteiger partial charge in [0, 0.05) is 41.5 Å². The van der Waals surface area contributed by atoms with E-state index >= 15 is 0 Å². The predicted octanol–water partition coefficient (Wildman–Crippen LogP) is 2.64. The fourth-order valence-corrected chi connectivity index (χ4v) is 4.38. The van der Waals surface area contributed by atoms with E-state index in [1.54, 1.807) is 18.6 Å². The lowest BCUT2D eigenvalue weighted by Gasteiger charge is -2.25. The summed E-state index contributed by atoms with van der Waals surface area (Å²) in [4.78, 5) is 13.2. The molecule has 0 aromatic carbocycles. The highest BCUT2D eigenvalue weighted by molar-refractivity contribution is 7.89. The van der Waals surface area contributed by atoms with Gasteiger partial charge in [-0.1, -0.05) is 13.3 Å². The molecule has 6 nitrogen and oxygen atoms in total. The van der Waals surface area contributed by atoms with Gasteiger partial charge in [0.15, 0.2) is 5.82 Å². The minimum Gasteiger partial charge on any atom is -0.264 e. The van der Waals surface area contributed by atoms with E-state index in [1.165, 1.54) is 0 Å². The number of nitrogens with one attached hydrogen (secondary N) is 1. The highest BCUT2D eigenvalue weighted by Gasteiger charge is 2.26. The van der Waals surface area contributed by atoms with Crippen LogP contribution in [0.2, 0.25) is 0 Å². The molecule has 0 aliphatic heterocycles. The number of aryl methyl sites for hydroxylation is 1. The summed E-state index contributed by atoms with van der Waals surface area (Å²) in [7, 11) is -3.26. The molecule has 128 valence electrons. The Morgan fingerprint density at radius 3 is 2.96 bits per heavy atom. The second-order valence-electron chi connectivity index (χ2n) is 6.07. The molecule has 0 amide bonds. The third kappa shape index (κ3) is 3.96. The van der Waals surface area contributed by atoms with Gasteiger partial charge in [0.1, 0.15) is 0 Å². The summed E-state index contributed by atoms with van der Waals surface area (Å²) >= 11 is 0. The molecule has 1 N–H and O–H groups in total. The van der Waals surface area contributed by atoms with E-state index in [1.807, 2.05) is 19.1 Å². The van der Waals surface area contributed by atoms with E-state index in [0.717, 1.165) is 42.5 Å². The van der Waals surface area contributed by atoms with Crippen molar-refractivity contribution in [2.75, 3.05) is 5.75 Å². The largest absolute Gasteiger partial charge is 0.264 e. The van der Waals surface area contributed by atoms with Crippen LogP contribution in [0, 0.1) is 0 Å². The first-order chi connectivity index (χ1) is 11.6. The lowest BCUT2D eigenvalue weighted by molar-refractivity contribution is 0.499. The third-order valence-corrected chi connectivity index (χ3v) is 5.66. The first kappa shape index (κ1) is 17.0. The molecule has 1 atom stereocenters. The maximum absolute atomic E-state index is 12.2. The summed E-state index contributed by atoms with van der Waals surface area (Å²) in [6.45, 7) is 1.99. The number of unbranched alkanes of at least 4 members (excludes halogenated alkanes) is 1. The number of hydrogen-bond acceptors (Lipinski definition) is 5. The number of fused-ring (bicyclic) bond motifs is 1. The van der Waals surface area contributed by atoms with E-state index in [2.05, 4.69) is 19.7 Å².